The Morgan fingerprint density at radius 2 is 1.89 bits per heavy atom. The Bertz CT molecular complexity index is 387. The number of ether oxygens (including phenoxy) is 1. The van der Waals surface area contributed by atoms with Crippen molar-refractivity contribution in [2.24, 2.45) is 5.92 Å². The molecule has 0 aromatic heterocycles. The first-order valence-electron chi connectivity index (χ1n) is 7.45. The predicted octanol–water partition coefficient (Wildman–Crippen LogP) is 6.06. The topological polar surface area (TPSA) is 9.23 Å². The summed E-state index contributed by atoms with van der Waals surface area (Å²) in [6.07, 6.45) is 4.12. The van der Waals surface area contributed by atoms with E-state index >= 15 is 0 Å². The third-order valence-electron chi connectivity index (χ3n) is 3.42. The predicted molar refractivity (Wildman–Crippen MR) is 84.3 cm³/mol. The fourth-order valence-corrected chi connectivity index (χ4v) is 2.36. The Balaban J connectivity index is 0.000000550. The van der Waals surface area contributed by atoms with Gasteiger partial charge in [0.1, 0.15) is 11.9 Å². The average molecular weight is 283 g/mol. The monoisotopic (exact) mass is 282 g/mol. The third kappa shape index (κ3) is 4.72. The Morgan fingerprint density at radius 3 is 2.32 bits per heavy atom. The summed E-state index contributed by atoms with van der Waals surface area (Å²) in [7, 11) is 0. The van der Waals surface area contributed by atoms with Gasteiger partial charge in [-0.15, -0.1) is 0 Å². The van der Waals surface area contributed by atoms with Gasteiger partial charge < -0.3 is 4.74 Å². The standard InChI is InChI=1S/C14H19ClO.C3H8/c1-9(2)12-8-11(5-6-13(12)15)16-14-7-4-10(14)3;1-3-2/h5-6,8-10,14H,4,7H2,1-3H3;3H2,1-2H3/t10-,14-;/m1./s1. The van der Waals surface area contributed by atoms with E-state index in [9.17, 15) is 0 Å². The van der Waals surface area contributed by atoms with Gasteiger partial charge in [0.05, 0.1) is 0 Å². The maximum absolute atomic E-state index is 6.15. The molecule has 0 unspecified atom stereocenters. The fourth-order valence-electron chi connectivity index (χ4n) is 2.02. The van der Waals surface area contributed by atoms with Crippen LogP contribution in [0.1, 0.15) is 65.4 Å². The molecule has 0 radical (unpaired) electrons. The van der Waals surface area contributed by atoms with Crippen LogP contribution in [0.2, 0.25) is 5.02 Å². The minimum atomic E-state index is 0.404. The molecule has 1 aliphatic rings. The summed E-state index contributed by atoms with van der Waals surface area (Å²) in [6, 6.07) is 5.99. The van der Waals surface area contributed by atoms with Crippen molar-refractivity contribution in [1.82, 2.24) is 0 Å². The first kappa shape index (κ1) is 16.4. The van der Waals surface area contributed by atoms with E-state index in [2.05, 4.69) is 40.7 Å². The van der Waals surface area contributed by atoms with Crippen LogP contribution in [0.25, 0.3) is 0 Å². The van der Waals surface area contributed by atoms with Crippen LogP contribution in [0, 0.1) is 5.92 Å². The Morgan fingerprint density at radius 1 is 1.26 bits per heavy atom. The molecule has 1 nitrogen and oxygen atoms in total. The van der Waals surface area contributed by atoms with Crippen LogP contribution in [-0.4, -0.2) is 6.10 Å². The molecular weight excluding hydrogens is 256 g/mol. The minimum Gasteiger partial charge on any atom is -0.490 e. The highest BCUT2D eigenvalue weighted by atomic mass is 35.5. The van der Waals surface area contributed by atoms with Crippen molar-refractivity contribution in [2.45, 2.75) is 65.9 Å². The SMILES string of the molecule is CC(C)c1cc(O[C@@H]2CC[C@H]2C)ccc1Cl.CCC. The highest BCUT2D eigenvalue weighted by Crippen LogP contribution is 2.33. The molecule has 0 aliphatic heterocycles. The van der Waals surface area contributed by atoms with Gasteiger partial charge in [-0.25, -0.2) is 0 Å². The van der Waals surface area contributed by atoms with Gasteiger partial charge in [0.2, 0.25) is 0 Å². The summed E-state index contributed by atoms with van der Waals surface area (Å²) in [5.41, 5.74) is 1.17. The summed E-state index contributed by atoms with van der Waals surface area (Å²) in [5, 5.41) is 0.837. The van der Waals surface area contributed by atoms with E-state index in [-0.39, 0.29) is 0 Å². The number of hydrogen-bond acceptors (Lipinski definition) is 1. The summed E-state index contributed by atoms with van der Waals surface area (Å²) in [4.78, 5) is 0. The quantitative estimate of drug-likeness (QED) is 0.655. The zero-order chi connectivity index (χ0) is 14.4. The van der Waals surface area contributed by atoms with E-state index in [1.54, 1.807) is 0 Å². The zero-order valence-corrected chi connectivity index (χ0v) is 13.6. The molecule has 0 amide bonds. The largest absolute Gasteiger partial charge is 0.490 e. The normalized spacial score (nSPS) is 21.4. The van der Waals surface area contributed by atoms with Gasteiger partial charge in [0, 0.05) is 5.02 Å². The van der Waals surface area contributed by atoms with Crippen LogP contribution in [0.3, 0.4) is 0 Å². The second-order valence-electron chi connectivity index (χ2n) is 5.76. The lowest BCUT2D eigenvalue weighted by Crippen LogP contribution is -2.34. The lowest BCUT2D eigenvalue weighted by Gasteiger charge is -2.34. The van der Waals surface area contributed by atoms with Crippen molar-refractivity contribution in [3.05, 3.63) is 28.8 Å². The molecule has 1 aromatic rings. The number of rotatable bonds is 3. The minimum absolute atomic E-state index is 0.404. The molecule has 108 valence electrons. The zero-order valence-electron chi connectivity index (χ0n) is 12.9. The van der Waals surface area contributed by atoms with Crippen molar-refractivity contribution < 1.29 is 4.74 Å². The van der Waals surface area contributed by atoms with Crippen LogP contribution in [-0.2, 0) is 0 Å². The van der Waals surface area contributed by atoms with E-state index in [4.69, 9.17) is 16.3 Å². The van der Waals surface area contributed by atoms with Gasteiger partial charge in [-0.3, -0.25) is 0 Å². The van der Waals surface area contributed by atoms with Crippen LogP contribution in [0.15, 0.2) is 18.2 Å². The molecule has 1 aliphatic carbocycles. The van der Waals surface area contributed by atoms with Crippen molar-refractivity contribution in [3.8, 4) is 5.75 Å². The number of halogens is 1. The van der Waals surface area contributed by atoms with E-state index in [1.807, 2.05) is 12.1 Å². The van der Waals surface area contributed by atoms with Gasteiger partial charge in [0.15, 0.2) is 0 Å². The van der Waals surface area contributed by atoms with Crippen molar-refractivity contribution >= 4 is 11.6 Å². The number of hydrogen-bond donors (Lipinski definition) is 0. The molecule has 0 saturated heterocycles. The Kier molecular flexibility index (Phi) is 6.71. The molecule has 0 N–H and O–H groups in total. The molecule has 0 spiro atoms. The average Bonchev–Trinajstić information content (AvgIpc) is 2.36. The van der Waals surface area contributed by atoms with Gasteiger partial charge in [-0.1, -0.05) is 52.6 Å². The van der Waals surface area contributed by atoms with Crippen LogP contribution >= 0.6 is 11.6 Å². The lowest BCUT2D eigenvalue weighted by atomic mass is 9.83. The summed E-state index contributed by atoms with van der Waals surface area (Å²) in [5.74, 6) is 2.10. The van der Waals surface area contributed by atoms with Gasteiger partial charge in [-0.05, 0) is 48.4 Å². The molecule has 19 heavy (non-hydrogen) atoms. The first-order chi connectivity index (χ1) is 8.99. The van der Waals surface area contributed by atoms with Crippen LogP contribution in [0.5, 0.6) is 5.75 Å². The van der Waals surface area contributed by atoms with Crippen LogP contribution < -0.4 is 4.74 Å². The molecule has 2 atom stereocenters. The van der Waals surface area contributed by atoms with Crippen molar-refractivity contribution in [3.63, 3.8) is 0 Å². The van der Waals surface area contributed by atoms with Gasteiger partial charge >= 0.3 is 0 Å². The Labute approximate surface area is 123 Å². The lowest BCUT2D eigenvalue weighted by molar-refractivity contribution is 0.0576. The molecule has 1 aromatic carbocycles. The van der Waals surface area contributed by atoms with E-state index < -0.39 is 0 Å². The molecule has 1 saturated carbocycles. The molecule has 0 bridgehead atoms. The first-order valence-corrected chi connectivity index (χ1v) is 7.83. The number of benzene rings is 1. The second-order valence-corrected chi connectivity index (χ2v) is 6.16. The molecule has 0 heterocycles. The maximum Gasteiger partial charge on any atom is 0.120 e. The van der Waals surface area contributed by atoms with Crippen molar-refractivity contribution in [2.75, 3.05) is 0 Å². The smallest absolute Gasteiger partial charge is 0.120 e. The van der Waals surface area contributed by atoms with E-state index in [0.29, 0.717) is 17.9 Å². The molecule has 2 heteroatoms. The summed E-state index contributed by atoms with van der Waals surface area (Å²) < 4.78 is 5.95. The fraction of sp³-hybridized carbons (Fsp3) is 0.647. The highest BCUT2D eigenvalue weighted by Gasteiger charge is 2.28. The van der Waals surface area contributed by atoms with Gasteiger partial charge in [0.25, 0.3) is 0 Å². The summed E-state index contributed by atoms with van der Waals surface area (Å²) in [6.45, 7) is 10.8. The second kappa shape index (κ2) is 7.79. The summed E-state index contributed by atoms with van der Waals surface area (Å²) >= 11 is 6.15. The van der Waals surface area contributed by atoms with E-state index in [0.717, 1.165) is 10.8 Å². The molecule has 1 fully saturated rings. The molecular formula is C17H27ClO. The van der Waals surface area contributed by atoms with Crippen LogP contribution in [0.4, 0.5) is 0 Å². The van der Waals surface area contributed by atoms with E-state index in [1.165, 1.54) is 24.8 Å². The maximum atomic E-state index is 6.15. The third-order valence-corrected chi connectivity index (χ3v) is 3.76. The Hall–Kier alpha value is -0.690. The molecule has 2 rings (SSSR count). The highest BCUT2D eigenvalue weighted by molar-refractivity contribution is 6.31. The van der Waals surface area contributed by atoms with Crippen molar-refractivity contribution in [1.29, 1.82) is 0 Å². The van der Waals surface area contributed by atoms with Gasteiger partial charge in [-0.2, -0.15) is 0 Å².